The Balaban J connectivity index is 2.91. The third-order valence-electron chi connectivity index (χ3n) is 1.49. The Kier molecular flexibility index (Phi) is 1.86. The highest BCUT2D eigenvalue weighted by Crippen LogP contribution is 2.09. The first kappa shape index (κ1) is 7.00. The third kappa shape index (κ3) is 1.44. The van der Waals surface area contributed by atoms with Crippen molar-refractivity contribution in [3.8, 4) is 0 Å². The van der Waals surface area contributed by atoms with Gasteiger partial charge >= 0.3 is 0 Å². The maximum absolute atomic E-state index is 5.52. The van der Waals surface area contributed by atoms with Gasteiger partial charge in [0.1, 0.15) is 0 Å². The van der Waals surface area contributed by atoms with Crippen molar-refractivity contribution in [2.45, 2.75) is 13.8 Å². The predicted octanol–water partition coefficient (Wildman–Crippen LogP) is 0.649. The lowest BCUT2D eigenvalue weighted by Crippen LogP contribution is -2.37. The van der Waals surface area contributed by atoms with Crippen molar-refractivity contribution in [1.29, 1.82) is 0 Å². The molecular weight excluding hydrogens is 122 g/mol. The van der Waals surface area contributed by atoms with Crippen molar-refractivity contribution in [2.24, 2.45) is 0 Å². The maximum atomic E-state index is 5.52. The minimum Gasteiger partial charge on any atom is -0.254 e. The van der Waals surface area contributed by atoms with E-state index in [1.54, 1.807) is 0 Å². The molecule has 0 bridgehead atoms. The van der Waals surface area contributed by atoms with E-state index in [1.807, 2.05) is 24.3 Å². The van der Waals surface area contributed by atoms with Crippen molar-refractivity contribution in [2.75, 3.05) is 0 Å². The van der Waals surface area contributed by atoms with Crippen LogP contribution in [0.5, 0.6) is 0 Å². The standard InChI is InChI=1S/C9H11N/c1-7(2)8-3-5-9(10)6-4-8/h3-6,10H,1-2H3/p+1. The summed E-state index contributed by atoms with van der Waals surface area (Å²) in [5, 5.41) is 5.52. The molecule has 0 radical (unpaired) electrons. The van der Waals surface area contributed by atoms with Crippen LogP contribution >= 0.6 is 0 Å². The van der Waals surface area contributed by atoms with Crippen molar-refractivity contribution in [1.82, 2.24) is 0 Å². The van der Waals surface area contributed by atoms with E-state index in [0.717, 1.165) is 5.71 Å². The van der Waals surface area contributed by atoms with Crippen LogP contribution in [0.15, 0.2) is 35.5 Å². The quantitative estimate of drug-likeness (QED) is 0.503. The summed E-state index contributed by atoms with van der Waals surface area (Å²) < 4.78 is 0. The summed E-state index contributed by atoms with van der Waals surface area (Å²) in [6, 6.07) is 0. The Morgan fingerprint density at radius 3 is 2.00 bits per heavy atom. The predicted molar refractivity (Wildman–Crippen MR) is 43.6 cm³/mol. The molecule has 0 aromatic carbocycles. The van der Waals surface area contributed by atoms with Gasteiger partial charge in [0.15, 0.2) is 5.71 Å². The molecule has 0 heterocycles. The van der Waals surface area contributed by atoms with Crippen LogP contribution in [-0.2, 0) is 0 Å². The Bertz CT molecular complexity index is 219. The molecule has 0 aromatic rings. The van der Waals surface area contributed by atoms with Gasteiger partial charge in [-0.2, -0.15) is 0 Å². The molecule has 10 heavy (non-hydrogen) atoms. The van der Waals surface area contributed by atoms with Gasteiger partial charge in [-0.1, -0.05) is 5.57 Å². The average molecular weight is 134 g/mol. The number of nitrogens with two attached hydrogens (primary N) is 1. The summed E-state index contributed by atoms with van der Waals surface area (Å²) in [4.78, 5) is 0. The minimum atomic E-state index is 0.824. The van der Waals surface area contributed by atoms with Crippen molar-refractivity contribution in [3.05, 3.63) is 35.5 Å². The fourth-order valence-electron chi connectivity index (χ4n) is 0.816. The molecule has 0 aliphatic heterocycles. The molecule has 0 spiro atoms. The molecule has 0 saturated heterocycles. The van der Waals surface area contributed by atoms with Gasteiger partial charge in [0.05, 0.1) is 0 Å². The molecule has 2 N–H and O–H groups in total. The largest absolute Gasteiger partial charge is 0.254 e. The second-order valence-electron chi connectivity index (χ2n) is 2.62. The molecule has 0 unspecified atom stereocenters. The fraction of sp³-hybridized carbons (Fsp3) is 0.222. The Labute approximate surface area is 61.3 Å². The van der Waals surface area contributed by atoms with E-state index in [2.05, 4.69) is 13.8 Å². The smallest absolute Gasteiger partial charge is 0.196 e. The lowest BCUT2D eigenvalue weighted by atomic mass is 10.0. The lowest BCUT2D eigenvalue weighted by molar-refractivity contribution is -0.110. The van der Waals surface area contributed by atoms with Crippen molar-refractivity contribution >= 4 is 5.71 Å². The highest BCUT2D eigenvalue weighted by molar-refractivity contribution is 6.01. The van der Waals surface area contributed by atoms with Crippen LogP contribution < -0.4 is 5.41 Å². The van der Waals surface area contributed by atoms with Gasteiger partial charge in [-0.05, 0) is 31.6 Å². The SMILES string of the molecule is CC(C)=C1C=CC(=[NH2+])C=C1. The molecule has 1 rings (SSSR count). The zero-order valence-electron chi connectivity index (χ0n) is 6.39. The molecule has 52 valence electrons. The van der Waals surface area contributed by atoms with Crippen LogP contribution in [0.2, 0.25) is 0 Å². The number of hydrogen-bond donors (Lipinski definition) is 1. The van der Waals surface area contributed by atoms with Gasteiger partial charge in [-0.3, -0.25) is 5.41 Å². The highest BCUT2D eigenvalue weighted by Gasteiger charge is 1.99. The first-order chi connectivity index (χ1) is 4.70. The van der Waals surface area contributed by atoms with Crippen LogP contribution in [0, 0.1) is 0 Å². The van der Waals surface area contributed by atoms with Gasteiger partial charge in [-0.15, -0.1) is 0 Å². The normalized spacial score (nSPS) is 16.2. The van der Waals surface area contributed by atoms with Crippen LogP contribution in [0.3, 0.4) is 0 Å². The molecule has 1 heteroatoms. The molecule has 0 fully saturated rings. The second kappa shape index (κ2) is 2.65. The Morgan fingerprint density at radius 2 is 1.60 bits per heavy atom. The van der Waals surface area contributed by atoms with E-state index in [9.17, 15) is 0 Å². The van der Waals surface area contributed by atoms with Gasteiger partial charge in [-0.25, -0.2) is 0 Å². The molecule has 0 atom stereocenters. The molecule has 1 aliphatic rings. The zero-order valence-corrected chi connectivity index (χ0v) is 6.39. The van der Waals surface area contributed by atoms with Gasteiger partial charge in [0.25, 0.3) is 0 Å². The van der Waals surface area contributed by atoms with Crippen LogP contribution in [0.4, 0.5) is 0 Å². The van der Waals surface area contributed by atoms with Crippen molar-refractivity contribution < 1.29 is 5.41 Å². The molecule has 1 nitrogen and oxygen atoms in total. The molecule has 0 saturated carbocycles. The average Bonchev–Trinajstić information content (AvgIpc) is 1.88. The lowest BCUT2D eigenvalue weighted by Gasteiger charge is -1.99. The summed E-state index contributed by atoms with van der Waals surface area (Å²) in [5.41, 5.74) is 3.40. The molecule has 1 aliphatic carbocycles. The van der Waals surface area contributed by atoms with Gasteiger partial charge in [0, 0.05) is 12.2 Å². The Morgan fingerprint density at radius 1 is 1.10 bits per heavy atom. The van der Waals surface area contributed by atoms with Gasteiger partial charge < -0.3 is 0 Å². The zero-order chi connectivity index (χ0) is 7.56. The highest BCUT2D eigenvalue weighted by atomic mass is 14.4. The maximum Gasteiger partial charge on any atom is 0.196 e. The van der Waals surface area contributed by atoms with Crippen LogP contribution in [-0.4, -0.2) is 5.71 Å². The first-order valence-corrected chi connectivity index (χ1v) is 3.36. The Hall–Kier alpha value is -1.11. The van der Waals surface area contributed by atoms with Crippen molar-refractivity contribution in [3.63, 3.8) is 0 Å². The summed E-state index contributed by atoms with van der Waals surface area (Å²) in [6.07, 6.45) is 7.90. The van der Waals surface area contributed by atoms with E-state index in [0.29, 0.717) is 0 Å². The number of allylic oxidation sites excluding steroid dienone is 6. The molecular formula is C9H12N+. The summed E-state index contributed by atoms with van der Waals surface area (Å²) in [6.45, 7) is 4.18. The van der Waals surface area contributed by atoms with Crippen LogP contribution in [0.1, 0.15) is 13.8 Å². The molecule has 0 amide bonds. The van der Waals surface area contributed by atoms with Crippen LogP contribution in [0.25, 0.3) is 0 Å². The fourth-order valence-corrected chi connectivity index (χ4v) is 0.816. The summed E-state index contributed by atoms with van der Waals surface area (Å²) in [7, 11) is 0. The van der Waals surface area contributed by atoms with E-state index in [-0.39, 0.29) is 0 Å². The van der Waals surface area contributed by atoms with E-state index in [1.165, 1.54) is 11.1 Å². The topological polar surface area (TPSA) is 25.6 Å². The van der Waals surface area contributed by atoms with Gasteiger partial charge in [0.2, 0.25) is 0 Å². The van der Waals surface area contributed by atoms with E-state index >= 15 is 0 Å². The third-order valence-corrected chi connectivity index (χ3v) is 1.49. The number of rotatable bonds is 0. The van der Waals surface area contributed by atoms with E-state index < -0.39 is 0 Å². The summed E-state index contributed by atoms with van der Waals surface area (Å²) in [5.74, 6) is 0. The minimum absolute atomic E-state index is 0.824. The monoisotopic (exact) mass is 134 g/mol. The van der Waals surface area contributed by atoms with E-state index in [4.69, 9.17) is 5.41 Å². The molecule has 0 aromatic heterocycles. The number of hydrogen-bond acceptors (Lipinski definition) is 0. The first-order valence-electron chi connectivity index (χ1n) is 3.36. The summed E-state index contributed by atoms with van der Waals surface area (Å²) >= 11 is 0. The second-order valence-corrected chi connectivity index (χ2v) is 2.62.